The van der Waals surface area contributed by atoms with Gasteiger partial charge in [-0.3, -0.25) is 4.79 Å². The van der Waals surface area contributed by atoms with Gasteiger partial charge in [0.2, 0.25) is 0 Å². The van der Waals surface area contributed by atoms with E-state index in [1.165, 1.54) is 12.1 Å². The number of carbonyl (C=O) groups is 2. The van der Waals surface area contributed by atoms with Crippen molar-refractivity contribution >= 4 is 22.8 Å². The minimum absolute atomic E-state index is 0.00984. The van der Waals surface area contributed by atoms with Crippen molar-refractivity contribution in [1.29, 1.82) is 0 Å². The smallest absolute Gasteiger partial charge is 0.349 e. The van der Waals surface area contributed by atoms with Gasteiger partial charge in [-0.2, -0.15) is 0 Å². The first-order chi connectivity index (χ1) is 14.7. The lowest BCUT2D eigenvalue weighted by molar-refractivity contribution is 0.0734. The second-order valence-corrected chi connectivity index (χ2v) is 8.47. The SMILES string of the molecule is CCCCNC(=O)c1cc2ccc(OC(=O)c3ccc(C(C)(C)C)cc3)cc2oc1=O. The van der Waals surface area contributed by atoms with Crippen LogP contribution in [0, 0.1) is 0 Å². The molecule has 0 atom stereocenters. The Balaban J connectivity index is 1.78. The van der Waals surface area contributed by atoms with Gasteiger partial charge in [0.1, 0.15) is 16.9 Å². The highest BCUT2D eigenvalue weighted by Crippen LogP contribution is 2.24. The summed E-state index contributed by atoms with van der Waals surface area (Å²) in [6.45, 7) is 8.82. The Morgan fingerprint density at radius 1 is 1.03 bits per heavy atom. The standard InChI is InChI=1S/C25H27NO5/c1-5-6-13-26-22(27)20-14-17-9-12-19(15-21(17)31-24(20)29)30-23(28)16-7-10-18(11-8-16)25(2,3)4/h7-12,14-15H,5-6,13H2,1-4H3,(H,26,27). The maximum atomic E-state index is 12.5. The van der Waals surface area contributed by atoms with Crippen molar-refractivity contribution in [3.05, 3.63) is 75.6 Å². The summed E-state index contributed by atoms with van der Waals surface area (Å²) in [6, 6.07) is 13.5. The van der Waals surface area contributed by atoms with Gasteiger partial charge in [-0.25, -0.2) is 9.59 Å². The maximum Gasteiger partial charge on any atom is 0.349 e. The lowest BCUT2D eigenvalue weighted by Crippen LogP contribution is -2.28. The molecule has 1 N–H and O–H groups in total. The fourth-order valence-corrected chi connectivity index (χ4v) is 3.06. The van der Waals surface area contributed by atoms with Crippen molar-refractivity contribution in [2.24, 2.45) is 0 Å². The molecule has 0 aliphatic heterocycles. The zero-order valence-electron chi connectivity index (χ0n) is 18.3. The normalized spacial score (nSPS) is 11.4. The highest BCUT2D eigenvalue weighted by Gasteiger charge is 2.17. The molecule has 3 aromatic rings. The number of carbonyl (C=O) groups excluding carboxylic acids is 2. The minimum atomic E-state index is -0.734. The number of hydrogen-bond acceptors (Lipinski definition) is 5. The van der Waals surface area contributed by atoms with Gasteiger partial charge in [-0.1, -0.05) is 46.2 Å². The van der Waals surface area contributed by atoms with Crippen LogP contribution in [0.5, 0.6) is 5.75 Å². The van der Waals surface area contributed by atoms with E-state index in [9.17, 15) is 14.4 Å². The molecule has 6 heteroatoms. The number of unbranched alkanes of at least 4 members (excludes halogenated alkanes) is 1. The third kappa shape index (κ3) is 5.40. The molecule has 0 unspecified atom stereocenters. The summed E-state index contributed by atoms with van der Waals surface area (Å²) in [5, 5.41) is 3.27. The first-order valence-electron chi connectivity index (χ1n) is 10.4. The summed E-state index contributed by atoms with van der Waals surface area (Å²) in [5.41, 5.74) is 0.989. The number of esters is 1. The molecule has 0 aliphatic carbocycles. The largest absolute Gasteiger partial charge is 0.423 e. The highest BCUT2D eigenvalue weighted by molar-refractivity contribution is 5.97. The molecule has 0 saturated carbocycles. The molecule has 0 radical (unpaired) electrons. The lowest BCUT2D eigenvalue weighted by atomic mass is 9.87. The van der Waals surface area contributed by atoms with Crippen molar-refractivity contribution in [3.63, 3.8) is 0 Å². The van der Waals surface area contributed by atoms with E-state index in [0.29, 0.717) is 17.5 Å². The Hall–Kier alpha value is -3.41. The predicted molar refractivity (Wildman–Crippen MR) is 120 cm³/mol. The quantitative estimate of drug-likeness (QED) is 0.266. The van der Waals surface area contributed by atoms with E-state index < -0.39 is 17.5 Å². The van der Waals surface area contributed by atoms with Crippen molar-refractivity contribution in [3.8, 4) is 5.75 Å². The van der Waals surface area contributed by atoms with Crippen molar-refractivity contribution in [1.82, 2.24) is 5.32 Å². The number of benzene rings is 2. The molecule has 1 amide bonds. The van der Waals surface area contributed by atoms with Crippen LogP contribution in [0.4, 0.5) is 0 Å². The van der Waals surface area contributed by atoms with Gasteiger partial charge in [0.05, 0.1) is 5.56 Å². The number of hydrogen-bond donors (Lipinski definition) is 1. The zero-order valence-corrected chi connectivity index (χ0v) is 18.3. The van der Waals surface area contributed by atoms with E-state index >= 15 is 0 Å². The Bertz CT molecular complexity index is 1150. The van der Waals surface area contributed by atoms with Gasteiger partial charge < -0.3 is 14.5 Å². The summed E-state index contributed by atoms with van der Waals surface area (Å²) >= 11 is 0. The second-order valence-electron chi connectivity index (χ2n) is 8.47. The average molecular weight is 421 g/mol. The van der Waals surface area contributed by atoms with Crippen LogP contribution in [-0.4, -0.2) is 18.4 Å². The minimum Gasteiger partial charge on any atom is -0.423 e. The molecule has 0 bridgehead atoms. The first kappa shape index (κ1) is 22.3. The summed E-state index contributed by atoms with van der Waals surface area (Å²) in [5.74, 6) is -0.715. The fraction of sp³-hybridized carbons (Fsp3) is 0.320. The Kier molecular flexibility index (Phi) is 6.59. The number of ether oxygens (including phenoxy) is 1. The summed E-state index contributed by atoms with van der Waals surface area (Å²) in [6.07, 6.45) is 1.77. The van der Waals surface area contributed by atoms with Crippen LogP contribution in [0.3, 0.4) is 0 Å². The Morgan fingerprint density at radius 3 is 2.39 bits per heavy atom. The third-order valence-electron chi connectivity index (χ3n) is 4.97. The number of rotatable bonds is 6. The number of nitrogens with one attached hydrogen (secondary N) is 1. The van der Waals surface area contributed by atoms with Crippen LogP contribution in [0.2, 0.25) is 0 Å². The third-order valence-corrected chi connectivity index (χ3v) is 4.97. The Labute approximate surface area is 181 Å². The van der Waals surface area contributed by atoms with E-state index in [1.54, 1.807) is 24.3 Å². The van der Waals surface area contributed by atoms with Gasteiger partial charge in [0, 0.05) is 18.0 Å². The van der Waals surface area contributed by atoms with Crippen LogP contribution in [0.15, 0.2) is 57.7 Å². The monoisotopic (exact) mass is 421 g/mol. The topological polar surface area (TPSA) is 85.6 Å². The maximum absolute atomic E-state index is 12.5. The predicted octanol–water partition coefficient (Wildman–Crippen LogP) is 4.84. The van der Waals surface area contributed by atoms with Crippen LogP contribution in [-0.2, 0) is 5.41 Å². The molecule has 3 rings (SSSR count). The van der Waals surface area contributed by atoms with E-state index in [1.807, 2.05) is 19.1 Å². The van der Waals surface area contributed by atoms with Crippen LogP contribution >= 0.6 is 0 Å². The molecule has 1 heterocycles. The van der Waals surface area contributed by atoms with Crippen LogP contribution < -0.4 is 15.7 Å². The van der Waals surface area contributed by atoms with Gasteiger partial charge in [-0.15, -0.1) is 0 Å². The van der Waals surface area contributed by atoms with E-state index in [0.717, 1.165) is 18.4 Å². The van der Waals surface area contributed by atoms with Crippen molar-refractivity contribution in [2.75, 3.05) is 6.54 Å². The summed E-state index contributed by atoms with van der Waals surface area (Å²) in [7, 11) is 0. The van der Waals surface area contributed by atoms with Crippen LogP contribution in [0.25, 0.3) is 11.0 Å². The van der Waals surface area contributed by atoms with Crippen molar-refractivity contribution in [2.45, 2.75) is 46.0 Å². The Morgan fingerprint density at radius 2 is 1.74 bits per heavy atom. The molecule has 0 aliphatic rings. The summed E-state index contributed by atoms with van der Waals surface area (Å²) < 4.78 is 10.7. The van der Waals surface area contributed by atoms with Gasteiger partial charge >= 0.3 is 11.6 Å². The van der Waals surface area contributed by atoms with E-state index in [4.69, 9.17) is 9.15 Å². The van der Waals surface area contributed by atoms with E-state index in [-0.39, 0.29) is 22.3 Å². The first-order valence-corrected chi connectivity index (χ1v) is 10.4. The van der Waals surface area contributed by atoms with Gasteiger partial charge in [-0.05, 0) is 47.7 Å². The molecule has 31 heavy (non-hydrogen) atoms. The second kappa shape index (κ2) is 9.16. The number of amides is 1. The average Bonchev–Trinajstić information content (AvgIpc) is 2.72. The van der Waals surface area contributed by atoms with Gasteiger partial charge in [0.15, 0.2) is 0 Å². The molecule has 0 spiro atoms. The van der Waals surface area contributed by atoms with Crippen LogP contribution in [0.1, 0.15) is 66.8 Å². The molecule has 1 aromatic heterocycles. The molecule has 0 fully saturated rings. The molecular weight excluding hydrogens is 394 g/mol. The fourth-order valence-electron chi connectivity index (χ4n) is 3.06. The van der Waals surface area contributed by atoms with E-state index in [2.05, 4.69) is 26.1 Å². The molecule has 162 valence electrons. The molecule has 0 saturated heterocycles. The molecular formula is C25H27NO5. The van der Waals surface area contributed by atoms with Crippen molar-refractivity contribution < 1.29 is 18.7 Å². The molecule has 2 aromatic carbocycles. The van der Waals surface area contributed by atoms with Gasteiger partial charge in [0.25, 0.3) is 5.91 Å². The highest BCUT2D eigenvalue weighted by atomic mass is 16.5. The lowest BCUT2D eigenvalue weighted by Gasteiger charge is -2.18. The zero-order chi connectivity index (χ0) is 22.6. The molecule has 6 nitrogen and oxygen atoms in total. The number of fused-ring (bicyclic) bond motifs is 1. The summed E-state index contributed by atoms with van der Waals surface area (Å²) in [4.78, 5) is 36.9.